The van der Waals surface area contributed by atoms with Crippen molar-refractivity contribution in [2.75, 3.05) is 13.1 Å². The normalized spacial score (nSPS) is 18.9. The second-order valence-electron chi connectivity index (χ2n) is 6.79. The third kappa shape index (κ3) is 4.68. The molecule has 0 spiro atoms. The minimum atomic E-state index is -0.673. The van der Waals surface area contributed by atoms with Crippen LogP contribution in [-0.4, -0.2) is 35.0 Å². The molecular weight excluding hydrogens is 312 g/mol. The molecule has 1 aliphatic heterocycles. The molecule has 1 saturated heterocycles. The maximum Gasteiger partial charge on any atom is 0.237 e. The lowest BCUT2D eigenvalue weighted by atomic mass is 10.1. The number of nitrogens with zero attached hydrogens (tertiary/aromatic N) is 1. The fourth-order valence-electron chi connectivity index (χ4n) is 3.44. The van der Waals surface area contributed by atoms with Gasteiger partial charge in [0.25, 0.3) is 0 Å². The lowest BCUT2D eigenvalue weighted by molar-refractivity contribution is -0.126. The monoisotopic (exact) mass is 338 g/mol. The number of hydrogen-bond donors (Lipinski definition) is 2. The van der Waals surface area contributed by atoms with Crippen LogP contribution in [0.25, 0.3) is 0 Å². The Hall–Kier alpha value is -2.17. The van der Waals surface area contributed by atoms with E-state index in [1.54, 1.807) is 0 Å². The summed E-state index contributed by atoms with van der Waals surface area (Å²) in [5.41, 5.74) is 3.17. The van der Waals surface area contributed by atoms with Crippen molar-refractivity contribution in [3.05, 3.63) is 71.3 Å². The van der Waals surface area contributed by atoms with Crippen LogP contribution in [0.5, 0.6) is 0 Å². The summed E-state index contributed by atoms with van der Waals surface area (Å²) in [6.45, 7) is 3.97. The van der Waals surface area contributed by atoms with Crippen molar-refractivity contribution in [2.45, 2.75) is 38.5 Å². The van der Waals surface area contributed by atoms with Crippen molar-refractivity contribution < 1.29 is 9.90 Å². The predicted molar refractivity (Wildman–Crippen MR) is 99.0 cm³/mol. The number of nitrogens with one attached hydrogen (secondary N) is 1. The van der Waals surface area contributed by atoms with Gasteiger partial charge in [0, 0.05) is 13.1 Å². The average Bonchev–Trinajstić information content (AvgIpc) is 3.08. The molecule has 0 saturated carbocycles. The highest BCUT2D eigenvalue weighted by atomic mass is 16.3. The molecule has 4 nitrogen and oxygen atoms in total. The molecule has 0 aliphatic carbocycles. The van der Waals surface area contributed by atoms with Gasteiger partial charge in [0.05, 0.1) is 12.1 Å². The molecule has 1 heterocycles. The third-order valence-corrected chi connectivity index (χ3v) is 4.79. The zero-order valence-corrected chi connectivity index (χ0v) is 14.7. The Morgan fingerprint density at radius 2 is 2.04 bits per heavy atom. The van der Waals surface area contributed by atoms with Gasteiger partial charge in [-0.1, -0.05) is 60.2 Å². The van der Waals surface area contributed by atoms with Crippen molar-refractivity contribution >= 4 is 5.91 Å². The molecule has 1 fully saturated rings. The van der Waals surface area contributed by atoms with Gasteiger partial charge in [0.2, 0.25) is 5.91 Å². The van der Waals surface area contributed by atoms with E-state index < -0.39 is 6.10 Å². The topological polar surface area (TPSA) is 52.6 Å². The fourth-order valence-corrected chi connectivity index (χ4v) is 3.44. The van der Waals surface area contributed by atoms with Crippen molar-refractivity contribution in [1.29, 1.82) is 0 Å². The summed E-state index contributed by atoms with van der Waals surface area (Å²) in [5.74, 6) is 0.0140. The van der Waals surface area contributed by atoms with E-state index in [1.165, 1.54) is 5.56 Å². The smallest absolute Gasteiger partial charge is 0.237 e. The third-order valence-electron chi connectivity index (χ3n) is 4.79. The molecule has 0 radical (unpaired) electrons. The number of aryl methyl sites for hydroxylation is 1. The summed E-state index contributed by atoms with van der Waals surface area (Å²) in [4.78, 5) is 14.8. The van der Waals surface area contributed by atoms with Crippen molar-refractivity contribution in [1.82, 2.24) is 10.2 Å². The minimum absolute atomic E-state index is 0.0140. The number of rotatable bonds is 6. The highest BCUT2D eigenvalue weighted by molar-refractivity contribution is 5.82. The lowest BCUT2D eigenvalue weighted by Crippen LogP contribution is -2.44. The van der Waals surface area contributed by atoms with Gasteiger partial charge >= 0.3 is 0 Å². The van der Waals surface area contributed by atoms with Crippen LogP contribution in [0, 0.1) is 6.92 Å². The van der Waals surface area contributed by atoms with Crippen LogP contribution in [0.1, 0.15) is 35.6 Å². The number of carbonyl (C=O) groups excluding carboxylic acids is 1. The fraction of sp³-hybridized carbons (Fsp3) is 0.381. The van der Waals surface area contributed by atoms with E-state index >= 15 is 0 Å². The van der Waals surface area contributed by atoms with Gasteiger partial charge in [-0.05, 0) is 37.4 Å². The molecule has 0 aromatic heterocycles. The first kappa shape index (κ1) is 17.6. The molecule has 4 heteroatoms. The number of aliphatic hydroxyl groups is 1. The van der Waals surface area contributed by atoms with Crippen molar-refractivity contribution in [2.24, 2.45) is 0 Å². The number of amides is 1. The highest BCUT2D eigenvalue weighted by Crippen LogP contribution is 2.20. The second kappa shape index (κ2) is 8.28. The lowest BCUT2D eigenvalue weighted by Gasteiger charge is -2.24. The van der Waals surface area contributed by atoms with Gasteiger partial charge in [0.15, 0.2) is 0 Å². The second-order valence-corrected chi connectivity index (χ2v) is 6.79. The largest absolute Gasteiger partial charge is 0.387 e. The summed E-state index contributed by atoms with van der Waals surface area (Å²) in [6, 6.07) is 17.9. The first-order valence-corrected chi connectivity index (χ1v) is 8.94. The van der Waals surface area contributed by atoms with Crippen molar-refractivity contribution in [3.63, 3.8) is 0 Å². The van der Waals surface area contributed by atoms with E-state index in [-0.39, 0.29) is 18.5 Å². The maximum absolute atomic E-state index is 12.6. The number of aliphatic hydroxyl groups excluding tert-OH is 1. The molecule has 2 N–H and O–H groups in total. The van der Waals surface area contributed by atoms with Crippen molar-refractivity contribution in [3.8, 4) is 0 Å². The number of carbonyl (C=O) groups is 1. The molecule has 132 valence electrons. The van der Waals surface area contributed by atoms with Crippen LogP contribution in [0.3, 0.4) is 0 Å². The summed E-state index contributed by atoms with van der Waals surface area (Å²) >= 11 is 0. The quantitative estimate of drug-likeness (QED) is 0.851. The molecule has 25 heavy (non-hydrogen) atoms. The molecule has 3 rings (SSSR count). The van der Waals surface area contributed by atoms with E-state index in [1.807, 2.05) is 49.4 Å². The summed E-state index contributed by atoms with van der Waals surface area (Å²) in [7, 11) is 0. The highest BCUT2D eigenvalue weighted by Gasteiger charge is 2.30. The Bertz CT molecular complexity index is 702. The number of hydrogen-bond acceptors (Lipinski definition) is 3. The van der Waals surface area contributed by atoms with Gasteiger partial charge in [-0.3, -0.25) is 9.69 Å². The van der Waals surface area contributed by atoms with E-state index in [0.29, 0.717) is 0 Å². The molecule has 0 bridgehead atoms. The molecule has 1 aliphatic rings. The molecule has 2 unspecified atom stereocenters. The minimum Gasteiger partial charge on any atom is -0.387 e. The average molecular weight is 338 g/mol. The zero-order valence-electron chi connectivity index (χ0n) is 14.7. The van der Waals surface area contributed by atoms with E-state index in [4.69, 9.17) is 0 Å². The van der Waals surface area contributed by atoms with E-state index in [2.05, 4.69) is 22.3 Å². The Balaban J connectivity index is 1.55. The molecule has 2 atom stereocenters. The van der Waals surface area contributed by atoms with Crippen LogP contribution >= 0.6 is 0 Å². The van der Waals surface area contributed by atoms with E-state index in [0.717, 1.165) is 37.1 Å². The molecule has 1 amide bonds. The molecular formula is C21H26N2O2. The van der Waals surface area contributed by atoms with Gasteiger partial charge < -0.3 is 10.4 Å². The van der Waals surface area contributed by atoms with Gasteiger partial charge in [-0.15, -0.1) is 0 Å². The van der Waals surface area contributed by atoms with Gasteiger partial charge in [-0.2, -0.15) is 0 Å². The summed E-state index contributed by atoms with van der Waals surface area (Å²) < 4.78 is 0. The first-order valence-electron chi connectivity index (χ1n) is 8.94. The van der Waals surface area contributed by atoms with Crippen LogP contribution in [-0.2, 0) is 11.3 Å². The molecule has 2 aromatic carbocycles. The Labute approximate surface area is 149 Å². The van der Waals surface area contributed by atoms with Crippen LogP contribution in [0.2, 0.25) is 0 Å². The Morgan fingerprint density at radius 3 is 2.80 bits per heavy atom. The van der Waals surface area contributed by atoms with E-state index in [9.17, 15) is 9.90 Å². The number of benzene rings is 2. The SMILES string of the molecule is Cc1cccc(C(O)CNC(=O)C2CCCN2Cc2ccccc2)c1. The number of likely N-dealkylation sites (tertiary alicyclic amines) is 1. The Kier molecular flexibility index (Phi) is 5.84. The summed E-state index contributed by atoms with van der Waals surface area (Å²) in [5, 5.41) is 13.2. The van der Waals surface area contributed by atoms with Crippen LogP contribution in [0.15, 0.2) is 54.6 Å². The van der Waals surface area contributed by atoms with Crippen LogP contribution in [0.4, 0.5) is 0 Å². The standard InChI is InChI=1S/C21H26N2O2/c1-16-7-5-10-18(13-16)20(24)14-22-21(25)19-11-6-12-23(19)15-17-8-3-2-4-9-17/h2-5,7-10,13,19-20,24H,6,11-12,14-15H2,1H3,(H,22,25). The Morgan fingerprint density at radius 1 is 1.24 bits per heavy atom. The molecule has 2 aromatic rings. The van der Waals surface area contributed by atoms with Crippen LogP contribution < -0.4 is 5.32 Å². The predicted octanol–water partition coefficient (Wildman–Crippen LogP) is 2.81. The summed E-state index contributed by atoms with van der Waals surface area (Å²) in [6.07, 6.45) is 1.23. The van der Waals surface area contributed by atoms with Gasteiger partial charge in [0.1, 0.15) is 0 Å². The first-order chi connectivity index (χ1) is 12.1. The zero-order chi connectivity index (χ0) is 17.6. The maximum atomic E-state index is 12.6. The van der Waals surface area contributed by atoms with Gasteiger partial charge in [-0.25, -0.2) is 0 Å².